The van der Waals surface area contributed by atoms with E-state index in [1.165, 1.54) is 0 Å². The summed E-state index contributed by atoms with van der Waals surface area (Å²) in [5.74, 6) is -0.0431. The second kappa shape index (κ2) is 6.87. The number of nitrogens with one attached hydrogen (secondary N) is 1. The highest BCUT2D eigenvalue weighted by Crippen LogP contribution is 2.10. The van der Waals surface area contributed by atoms with Crippen LogP contribution in [-0.2, 0) is 15.8 Å². The molecule has 0 radical (unpaired) electrons. The largest absolute Gasteiger partial charge is 0.392 e. The molecule has 4 nitrogen and oxygen atoms in total. The molecule has 0 fully saturated rings. The van der Waals surface area contributed by atoms with Crippen LogP contribution in [0.4, 0.5) is 0 Å². The van der Waals surface area contributed by atoms with Crippen LogP contribution in [0.5, 0.6) is 0 Å². The summed E-state index contributed by atoms with van der Waals surface area (Å²) in [7, 11) is -3.38. The molecule has 0 aromatic heterocycles. The molecule has 0 aliphatic rings. The molecule has 0 aliphatic heterocycles. The van der Waals surface area contributed by atoms with Gasteiger partial charge < -0.3 is 5.11 Å². The molecule has 0 aliphatic carbocycles. The molecule has 2 N–H and O–H groups in total. The molecule has 0 saturated heterocycles. The fraction of sp³-hybridized carbons (Fsp3) is 0.538. The van der Waals surface area contributed by atoms with Gasteiger partial charge in [-0.2, -0.15) is 0 Å². The number of benzene rings is 1. The Hall–Kier alpha value is -0.910. The van der Waals surface area contributed by atoms with Crippen molar-refractivity contribution >= 4 is 10.0 Å². The van der Waals surface area contributed by atoms with Crippen molar-refractivity contribution in [3.05, 3.63) is 35.4 Å². The van der Waals surface area contributed by atoms with E-state index >= 15 is 0 Å². The maximum absolute atomic E-state index is 11.8. The number of rotatable bonds is 7. The predicted molar refractivity (Wildman–Crippen MR) is 72.7 cm³/mol. The van der Waals surface area contributed by atoms with E-state index in [-0.39, 0.29) is 12.3 Å². The van der Waals surface area contributed by atoms with Gasteiger partial charge in [-0.1, -0.05) is 37.6 Å². The average molecular weight is 271 g/mol. The lowest BCUT2D eigenvalue weighted by molar-refractivity contribution is 0.167. The Morgan fingerprint density at radius 2 is 2.00 bits per heavy atom. The van der Waals surface area contributed by atoms with Crippen molar-refractivity contribution in [3.63, 3.8) is 0 Å². The van der Waals surface area contributed by atoms with Gasteiger partial charge in [0.1, 0.15) is 0 Å². The number of sulfonamides is 1. The zero-order chi connectivity index (χ0) is 13.6. The quantitative estimate of drug-likeness (QED) is 0.791. The van der Waals surface area contributed by atoms with E-state index in [4.69, 9.17) is 0 Å². The highest BCUT2D eigenvalue weighted by Gasteiger charge is 2.14. The highest BCUT2D eigenvalue weighted by atomic mass is 32.2. The number of aryl methyl sites for hydroxylation is 1. The van der Waals surface area contributed by atoms with Gasteiger partial charge in [0.25, 0.3) is 0 Å². The Balaban J connectivity index is 2.58. The normalized spacial score (nSPS) is 13.5. The van der Waals surface area contributed by atoms with Crippen molar-refractivity contribution in [3.8, 4) is 0 Å². The molecule has 1 atom stereocenters. The molecule has 0 saturated carbocycles. The van der Waals surface area contributed by atoms with Crippen molar-refractivity contribution in [2.45, 2.75) is 38.5 Å². The number of aliphatic hydroxyl groups is 1. The van der Waals surface area contributed by atoms with Gasteiger partial charge >= 0.3 is 0 Å². The molecule has 0 unspecified atom stereocenters. The zero-order valence-electron chi connectivity index (χ0n) is 10.9. The van der Waals surface area contributed by atoms with E-state index in [0.29, 0.717) is 6.42 Å². The average Bonchev–Trinajstić information content (AvgIpc) is 2.30. The van der Waals surface area contributed by atoms with Gasteiger partial charge in [-0.3, -0.25) is 0 Å². The molecule has 0 heterocycles. The van der Waals surface area contributed by atoms with Gasteiger partial charge in [-0.05, 0) is 24.5 Å². The topological polar surface area (TPSA) is 66.4 Å². The van der Waals surface area contributed by atoms with Crippen LogP contribution in [0.3, 0.4) is 0 Å². The first kappa shape index (κ1) is 15.1. The first-order valence-corrected chi connectivity index (χ1v) is 7.79. The molecule has 1 rings (SSSR count). The van der Waals surface area contributed by atoms with E-state index < -0.39 is 16.1 Å². The monoisotopic (exact) mass is 271 g/mol. The van der Waals surface area contributed by atoms with Gasteiger partial charge in [-0.25, -0.2) is 13.1 Å². The van der Waals surface area contributed by atoms with E-state index in [9.17, 15) is 13.5 Å². The minimum Gasteiger partial charge on any atom is -0.392 e. The van der Waals surface area contributed by atoms with Crippen LogP contribution in [0.25, 0.3) is 0 Å². The summed E-state index contributed by atoms with van der Waals surface area (Å²) >= 11 is 0. The third-order valence-electron chi connectivity index (χ3n) is 2.77. The lowest BCUT2D eigenvalue weighted by Crippen LogP contribution is -2.33. The first-order valence-electron chi connectivity index (χ1n) is 6.14. The molecular weight excluding hydrogens is 250 g/mol. The standard InChI is InChI=1S/C13H21NO3S/c1-3-6-13(15)9-14-18(16,17)10-12-8-5-4-7-11(12)2/h4-5,7-8,13-15H,3,6,9-10H2,1-2H3/t13-/m0/s1. The molecule has 102 valence electrons. The molecule has 0 amide bonds. The van der Waals surface area contributed by atoms with E-state index in [1.807, 2.05) is 32.0 Å². The van der Waals surface area contributed by atoms with Crippen LogP contribution < -0.4 is 4.72 Å². The van der Waals surface area contributed by atoms with Crippen LogP contribution in [0, 0.1) is 6.92 Å². The number of hydrogen-bond acceptors (Lipinski definition) is 3. The molecular formula is C13H21NO3S. The summed E-state index contributed by atoms with van der Waals surface area (Å²) in [6, 6.07) is 7.39. The summed E-state index contributed by atoms with van der Waals surface area (Å²) in [5.41, 5.74) is 1.74. The van der Waals surface area contributed by atoms with Gasteiger partial charge in [-0.15, -0.1) is 0 Å². The lowest BCUT2D eigenvalue weighted by Gasteiger charge is -2.12. The van der Waals surface area contributed by atoms with Gasteiger partial charge in [0.05, 0.1) is 11.9 Å². The molecule has 18 heavy (non-hydrogen) atoms. The third-order valence-corrected chi connectivity index (χ3v) is 4.07. The molecule has 5 heteroatoms. The van der Waals surface area contributed by atoms with Crippen molar-refractivity contribution in [1.82, 2.24) is 4.72 Å². The summed E-state index contributed by atoms with van der Waals surface area (Å²) in [6.07, 6.45) is 0.828. The molecule has 1 aromatic rings. The van der Waals surface area contributed by atoms with Crippen LogP contribution in [0.2, 0.25) is 0 Å². The fourth-order valence-corrected chi connectivity index (χ4v) is 2.97. The molecule has 1 aromatic carbocycles. The first-order chi connectivity index (χ1) is 8.44. The van der Waals surface area contributed by atoms with Gasteiger partial charge in [0.2, 0.25) is 10.0 Å². The van der Waals surface area contributed by atoms with Crippen LogP contribution >= 0.6 is 0 Å². The van der Waals surface area contributed by atoms with Crippen LogP contribution in [0.15, 0.2) is 24.3 Å². The van der Waals surface area contributed by atoms with E-state index in [1.54, 1.807) is 6.07 Å². The van der Waals surface area contributed by atoms with Crippen molar-refractivity contribution in [2.75, 3.05) is 6.54 Å². The third kappa shape index (κ3) is 5.16. The van der Waals surface area contributed by atoms with Crippen LogP contribution in [0.1, 0.15) is 30.9 Å². The Labute approximate surface area is 109 Å². The Morgan fingerprint density at radius 3 is 2.61 bits per heavy atom. The SMILES string of the molecule is CCC[C@H](O)CNS(=O)(=O)Cc1ccccc1C. The Kier molecular flexibility index (Phi) is 5.78. The maximum atomic E-state index is 11.8. The number of hydrogen-bond donors (Lipinski definition) is 2. The molecule has 0 bridgehead atoms. The van der Waals surface area contributed by atoms with Crippen LogP contribution in [-0.4, -0.2) is 26.2 Å². The predicted octanol–water partition coefficient (Wildman–Crippen LogP) is 1.58. The second-order valence-electron chi connectivity index (χ2n) is 4.48. The van der Waals surface area contributed by atoms with E-state index in [0.717, 1.165) is 17.5 Å². The van der Waals surface area contributed by atoms with Crippen molar-refractivity contribution in [1.29, 1.82) is 0 Å². The van der Waals surface area contributed by atoms with Crippen molar-refractivity contribution in [2.24, 2.45) is 0 Å². The Bertz CT molecular complexity index is 471. The smallest absolute Gasteiger partial charge is 0.215 e. The van der Waals surface area contributed by atoms with E-state index in [2.05, 4.69) is 4.72 Å². The fourth-order valence-electron chi connectivity index (χ4n) is 1.69. The summed E-state index contributed by atoms with van der Waals surface area (Å²) in [6.45, 7) is 3.92. The van der Waals surface area contributed by atoms with Crippen molar-refractivity contribution < 1.29 is 13.5 Å². The summed E-state index contributed by atoms with van der Waals surface area (Å²) in [5, 5.41) is 9.51. The second-order valence-corrected chi connectivity index (χ2v) is 6.28. The summed E-state index contributed by atoms with van der Waals surface area (Å²) < 4.78 is 26.1. The van der Waals surface area contributed by atoms with Gasteiger partial charge in [0.15, 0.2) is 0 Å². The number of aliphatic hydroxyl groups excluding tert-OH is 1. The minimum atomic E-state index is -3.38. The highest BCUT2D eigenvalue weighted by molar-refractivity contribution is 7.88. The summed E-state index contributed by atoms with van der Waals surface area (Å²) in [4.78, 5) is 0. The Morgan fingerprint density at radius 1 is 1.33 bits per heavy atom. The lowest BCUT2D eigenvalue weighted by atomic mass is 10.1. The van der Waals surface area contributed by atoms with Gasteiger partial charge in [0, 0.05) is 6.54 Å². The minimum absolute atomic E-state index is 0.0431. The zero-order valence-corrected chi connectivity index (χ0v) is 11.7. The molecule has 0 spiro atoms. The maximum Gasteiger partial charge on any atom is 0.215 e.